The number of hydrogen-bond donors (Lipinski definition) is 1. The van der Waals surface area contributed by atoms with Crippen LogP contribution >= 0.6 is 0 Å². The van der Waals surface area contributed by atoms with Crippen molar-refractivity contribution < 1.29 is 18.4 Å². The van der Waals surface area contributed by atoms with Gasteiger partial charge in [0.05, 0.1) is 13.0 Å². The lowest BCUT2D eigenvalue weighted by atomic mass is 10.1. The lowest BCUT2D eigenvalue weighted by Crippen LogP contribution is -2.31. The summed E-state index contributed by atoms with van der Waals surface area (Å²) >= 11 is 0. The van der Waals surface area contributed by atoms with E-state index in [1.807, 2.05) is 0 Å². The maximum atomic E-state index is 13.4. The molecule has 1 N–H and O–H groups in total. The van der Waals surface area contributed by atoms with Crippen molar-refractivity contribution in [2.45, 2.75) is 6.42 Å². The molecule has 3 nitrogen and oxygen atoms in total. The molecule has 2 aromatic carbocycles. The maximum absolute atomic E-state index is 13.4. The van der Waals surface area contributed by atoms with E-state index in [-0.39, 0.29) is 24.3 Å². The molecule has 0 bridgehead atoms. The normalized spacial score (nSPS) is 10.2. The highest BCUT2D eigenvalue weighted by Gasteiger charge is 2.11. The molecule has 0 radical (unpaired) electrons. The van der Waals surface area contributed by atoms with Crippen LogP contribution in [0.15, 0.2) is 48.5 Å². The number of carbonyl (C=O) groups excluding carboxylic acids is 2. The van der Waals surface area contributed by atoms with Gasteiger partial charge in [-0.15, -0.1) is 0 Å². The predicted molar refractivity (Wildman–Crippen MR) is 73.8 cm³/mol. The second-order valence-electron chi connectivity index (χ2n) is 4.48. The molecule has 2 aromatic rings. The number of Topliss-reactive ketones (excluding diaryl/α,β-unsaturated/α-hetero) is 1. The van der Waals surface area contributed by atoms with Crippen molar-refractivity contribution in [2.75, 3.05) is 6.54 Å². The molecule has 21 heavy (non-hydrogen) atoms. The smallest absolute Gasteiger partial charge is 0.224 e. The summed E-state index contributed by atoms with van der Waals surface area (Å²) in [7, 11) is 0. The van der Waals surface area contributed by atoms with Gasteiger partial charge in [-0.25, -0.2) is 8.78 Å². The van der Waals surface area contributed by atoms with Gasteiger partial charge in [0.25, 0.3) is 0 Å². The molecule has 0 unspecified atom stereocenters. The van der Waals surface area contributed by atoms with Gasteiger partial charge in [0.15, 0.2) is 5.78 Å². The summed E-state index contributed by atoms with van der Waals surface area (Å²) in [6.45, 7) is -0.161. The van der Waals surface area contributed by atoms with E-state index < -0.39 is 17.5 Å². The monoisotopic (exact) mass is 289 g/mol. The molecular weight excluding hydrogens is 276 g/mol. The maximum Gasteiger partial charge on any atom is 0.224 e. The van der Waals surface area contributed by atoms with Crippen molar-refractivity contribution in [3.63, 3.8) is 0 Å². The van der Waals surface area contributed by atoms with Gasteiger partial charge < -0.3 is 5.32 Å². The van der Waals surface area contributed by atoms with E-state index in [0.29, 0.717) is 5.56 Å². The van der Waals surface area contributed by atoms with Crippen LogP contribution in [-0.4, -0.2) is 18.2 Å². The van der Waals surface area contributed by atoms with Crippen molar-refractivity contribution in [1.82, 2.24) is 5.32 Å². The average Bonchev–Trinajstić information content (AvgIpc) is 2.48. The van der Waals surface area contributed by atoms with Crippen LogP contribution < -0.4 is 5.32 Å². The van der Waals surface area contributed by atoms with Crippen molar-refractivity contribution in [1.29, 1.82) is 0 Å². The van der Waals surface area contributed by atoms with E-state index in [0.717, 1.165) is 12.1 Å². The Morgan fingerprint density at radius 2 is 1.71 bits per heavy atom. The second-order valence-corrected chi connectivity index (χ2v) is 4.48. The van der Waals surface area contributed by atoms with Crippen LogP contribution in [0.25, 0.3) is 0 Å². The van der Waals surface area contributed by atoms with Crippen LogP contribution in [0.4, 0.5) is 8.78 Å². The first-order valence-electron chi connectivity index (χ1n) is 6.35. The number of hydrogen-bond acceptors (Lipinski definition) is 2. The summed E-state index contributed by atoms with van der Waals surface area (Å²) in [5, 5.41) is 2.42. The Kier molecular flexibility index (Phi) is 4.77. The van der Waals surface area contributed by atoms with Gasteiger partial charge in [0, 0.05) is 11.6 Å². The Morgan fingerprint density at radius 3 is 2.38 bits per heavy atom. The number of benzene rings is 2. The third-order valence-electron chi connectivity index (χ3n) is 2.91. The minimum atomic E-state index is -0.778. The zero-order valence-corrected chi connectivity index (χ0v) is 11.1. The molecule has 0 saturated heterocycles. The molecule has 0 aliphatic rings. The number of halogens is 2. The van der Waals surface area contributed by atoms with Crippen LogP contribution in [0.3, 0.4) is 0 Å². The van der Waals surface area contributed by atoms with Crippen LogP contribution in [-0.2, 0) is 11.2 Å². The Hall–Kier alpha value is -2.56. The first kappa shape index (κ1) is 14.8. The number of carbonyl (C=O) groups is 2. The molecule has 0 aliphatic heterocycles. The molecule has 0 spiro atoms. The zero-order chi connectivity index (χ0) is 15.2. The topological polar surface area (TPSA) is 46.2 Å². The first-order valence-corrected chi connectivity index (χ1v) is 6.35. The number of rotatable bonds is 5. The average molecular weight is 289 g/mol. The molecule has 0 aromatic heterocycles. The molecule has 0 atom stereocenters. The van der Waals surface area contributed by atoms with E-state index in [1.54, 1.807) is 30.3 Å². The highest BCUT2D eigenvalue weighted by Crippen LogP contribution is 2.10. The summed E-state index contributed by atoms with van der Waals surface area (Å²) in [6.07, 6.45) is -0.242. The van der Waals surface area contributed by atoms with Crippen molar-refractivity contribution >= 4 is 11.7 Å². The third kappa shape index (κ3) is 4.21. The zero-order valence-electron chi connectivity index (χ0n) is 11.1. The fourth-order valence-corrected chi connectivity index (χ4v) is 1.81. The molecule has 1 amide bonds. The van der Waals surface area contributed by atoms with E-state index in [9.17, 15) is 18.4 Å². The van der Waals surface area contributed by atoms with Gasteiger partial charge in [-0.1, -0.05) is 36.4 Å². The largest absolute Gasteiger partial charge is 0.348 e. The van der Waals surface area contributed by atoms with E-state index in [2.05, 4.69) is 5.32 Å². The molecular formula is C16H13F2NO2. The summed E-state index contributed by atoms with van der Waals surface area (Å²) in [6, 6.07) is 11.5. The van der Waals surface area contributed by atoms with Gasteiger partial charge in [0.1, 0.15) is 11.6 Å². The first-order chi connectivity index (χ1) is 10.1. The van der Waals surface area contributed by atoms with Gasteiger partial charge in [-0.05, 0) is 11.6 Å². The highest BCUT2D eigenvalue weighted by molar-refractivity contribution is 5.99. The minimum Gasteiger partial charge on any atom is -0.348 e. The Labute approximate surface area is 120 Å². The standard InChI is InChI=1S/C16H13F2NO2/c17-13-7-6-12(14(18)9-13)8-16(21)19-10-15(20)11-4-2-1-3-5-11/h1-7,9H,8,10H2,(H,19,21). The fourth-order valence-electron chi connectivity index (χ4n) is 1.81. The SMILES string of the molecule is O=C(Cc1ccc(F)cc1F)NCC(=O)c1ccccc1. The summed E-state index contributed by atoms with van der Waals surface area (Å²) in [5.74, 6) is -2.20. The molecule has 0 saturated carbocycles. The van der Waals surface area contributed by atoms with Crippen LogP contribution in [0.2, 0.25) is 0 Å². The molecule has 0 fully saturated rings. The van der Waals surface area contributed by atoms with E-state index >= 15 is 0 Å². The number of amides is 1. The van der Waals surface area contributed by atoms with Crippen molar-refractivity contribution in [3.05, 3.63) is 71.3 Å². The highest BCUT2D eigenvalue weighted by atomic mass is 19.1. The number of ketones is 1. The van der Waals surface area contributed by atoms with Crippen molar-refractivity contribution in [2.24, 2.45) is 0 Å². The number of nitrogens with one attached hydrogen (secondary N) is 1. The molecule has 0 heterocycles. The second kappa shape index (κ2) is 6.74. The van der Waals surface area contributed by atoms with Crippen LogP contribution in [0.1, 0.15) is 15.9 Å². The Balaban J connectivity index is 1.89. The Bertz CT molecular complexity index is 657. The molecule has 2 rings (SSSR count). The minimum absolute atomic E-state index is 0.0843. The molecule has 108 valence electrons. The van der Waals surface area contributed by atoms with Crippen LogP contribution in [0.5, 0.6) is 0 Å². The fraction of sp³-hybridized carbons (Fsp3) is 0.125. The van der Waals surface area contributed by atoms with E-state index in [4.69, 9.17) is 0 Å². The molecule has 5 heteroatoms. The molecule has 0 aliphatic carbocycles. The van der Waals surface area contributed by atoms with Gasteiger partial charge in [-0.2, -0.15) is 0 Å². The lowest BCUT2D eigenvalue weighted by molar-refractivity contribution is -0.120. The van der Waals surface area contributed by atoms with Gasteiger partial charge in [0.2, 0.25) is 5.91 Å². The summed E-state index contributed by atoms with van der Waals surface area (Å²) in [4.78, 5) is 23.4. The Morgan fingerprint density at radius 1 is 1.00 bits per heavy atom. The summed E-state index contributed by atoms with van der Waals surface area (Å²) < 4.78 is 26.1. The van der Waals surface area contributed by atoms with Crippen LogP contribution in [0, 0.1) is 11.6 Å². The lowest BCUT2D eigenvalue weighted by Gasteiger charge is -2.06. The summed E-state index contributed by atoms with van der Waals surface area (Å²) in [5.41, 5.74) is 0.576. The predicted octanol–water partition coefficient (Wildman–Crippen LogP) is 2.51. The van der Waals surface area contributed by atoms with E-state index in [1.165, 1.54) is 6.07 Å². The van der Waals surface area contributed by atoms with Gasteiger partial charge >= 0.3 is 0 Å². The quantitative estimate of drug-likeness (QED) is 0.860. The van der Waals surface area contributed by atoms with Crippen molar-refractivity contribution in [3.8, 4) is 0 Å². The third-order valence-corrected chi connectivity index (χ3v) is 2.91. The van der Waals surface area contributed by atoms with Gasteiger partial charge in [-0.3, -0.25) is 9.59 Å².